The molecule has 0 aliphatic rings. The van der Waals surface area contributed by atoms with Gasteiger partial charge >= 0.3 is 0 Å². The quantitative estimate of drug-likeness (QED) is 0.0621. The van der Waals surface area contributed by atoms with Crippen molar-refractivity contribution in [3.05, 3.63) is 59.7 Å². The Morgan fingerprint density at radius 1 is 0.400 bits per heavy atom. The lowest BCUT2D eigenvalue weighted by Gasteiger charge is -2.22. The molecular formula is C54H92N2O4. The van der Waals surface area contributed by atoms with Crippen LogP contribution in [0.4, 0.5) is 0 Å². The maximum atomic E-state index is 12.8. The van der Waals surface area contributed by atoms with E-state index in [1.165, 1.54) is 141 Å². The summed E-state index contributed by atoms with van der Waals surface area (Å²) in [6.45, 7) is 16.9. The van der Waals surface area contributed by atoms with Crippen LogP contribution in [0, 0.1) is 0 Å². The molecule has 2 aromatic carbocycles. The molecule has 0 amide bonds. The molecule has 342 valence electrons. The molecule has 0 aliphatic carbocycles. The molecule has 0 spiro atoms. The fourth-order valence-corrected chi connectivity index (χ4v) is 8.17. The summed E-state index contributed by atoms with van der Waals surface area (Å²) in [7, 11) is 0. The molecule has 0 atom stereocenters. The van der Waals surface area contributed by atoms with E-state index in [1.54, 1.807) is 0 Å². The summed E-state index contributed by atoms with van der Waals surface area (Å²) in [4.78, 5) is 30.8. The van der Waals surface area contributed by atoms with E-state index in [1.807, 2.05) is 0 Å². The molecule has 0 aliphatic heterocycles. The Hall–Kier alpha value is -2.38. The van der Waals surface area contributed by atoms with Crippen LogP contribution >= 0.6 is 0 Å². The van der Waals surface area contributed by atoms with Crippen molar-refractivity contribution in [1.29, 1.82) is 0 Å². The van der Waals surface area contributed by atoms with Gasteiger partial charge in [-0.2, -0.15) is 0 Å². The van der Waals surface area contributed by atoms with Crippen LogP contribution in [0.15, 0.2) is 48.5 Å². The zero-order chi connectivity index (χ0) is 43.1. The van der Waals surface area contributed by atoms with Crippen molar-refractivity contribution >= 4 is 11.6 Å². The van der Waals surface area contributed by atoms with Crippen LogP contribution < -0.4 is 0 Å². The molecule has 0 fully saturated rings. The number of Topliss-reactive ketones (excluding diaryl/α,β-unsaturated/α-hetero) is 2. The number of unbranched alkanes of at least 4 members (excludes halogenated alkanes) is 18. The van der Waals surface area contributed by atoms with Gasteiger partial charge in [0.05, 0.1) is 13.2 Å². The maximum absolute atomic E-state index is 12.8. The van der Waals surface area contributed by atoms with Crippen molar-refractivity contribution in [3.8, 4) is 11.1 Å². The molecule has 60 heavy (non-hydrogen) atoms. The molecule has 0 aromatic heterocycles. The van der Waals surface area contributed by atoms with Gasteiger partial charge in [-0.1, -0.05) is 180 Å². The first-order chi connectivity index (χ1) is 29.5. The standard InChI is InChI=1S/C54H92N2O4/c1-5-9-13-17-21-25-39-55(37-23-19-15-11-7-3)41-29-35-53(57)47-59-45-49-31-27-33-51(43-49)52-34-28-32-50(44-52)46-60-48-54(58)36-30-42-56(38-24-20-16-12-8-4)40-26-22-18-14-10-6-2/h27-28,31-34,43-44H,5-26,29-30,35-42,45-48H2,1-4H3. The molecule has 2 aromatic rings. The first-order valence-corrected chi connectivity index (χ1v) is 25.3. The second-order valence-electron chi connectivity index (χ2n) is 17.7. The van der Waals surface area contributed by atoms with Crippen LogP contribution in [0.2, 0.25) is 0 Å². The molecule has 2 rings (SSSR count). The SMILES string of the molecule is CCCCCCCCN(CCCCCCC)CCCC(=O)COCc1cccc(-c2cccc(COCC(=O)CCCN(CCCCCCC)CCCCCCCC)c2)c1. The highest BCUT2D eigenvalue weighted by molar-refractivity contribution is 5.80. The fourth-order valence-electron chi connectivity index (χ4n) is 8.17. The maximum Gasteiger partial charge on any atom is 0.158 e. The molecule has 0 bridgehead atoms. The highest BCUT2D eigenvalue weighted by Gasteiger charge is 2.11. The predicted octanol–water partition coefficient (Wildman–Crippen LogP) is 14.4. The summed E-state index contributed by atoms with van der Waals surface area (Å²) < 4.78 is 11.9. The van der Waals surface area contributed by atoms with Gasteiger partial charge in [0, 0.05) is 12.8 Å². The molecule has 0 heterocycles. The third-order valence-corrected chi connectivity index (χ3v) is 11.9. The van der Waals surface area contributed by atoms with Crippen LogP contribution in [0.25, 0.3) is 11.1 Å². The number of hydrogen-bond donors (Lipinski definition) is 0. The molecule has 0 radical (unpaired) electrons. The number of carbonyl (C=O) groups is 2. The smallest absolute Gasteiger partial charge is 0.158 e. The summed E-state index contributed by atoms with van der Waals surface area (Å²) in [6.07, 6.45) is 31.9. The Balaban J connectivity index is 1.73. The van der Waals surface area contributed by atoms with E-state index in [-0.39, 0.29) is 24.8 Å². The van der Waals surface area contributed by atoms with Gasteiger partial charge in [-0.25, -0.2) is 0 Å². The Kier molecular flexibility index (Phi) is 34.3. The van der Waals surface area contributed by atoms with Gasteiger partial charge in [-0.15, -0.1) is 0 Å². The van der Waals surface area contributed by atoms with Crippen molar-refractivity contribution in [3.63, 3.8) is 0 Å². The van der Waals surface area contributed by atoms with Gasteiger partial charge in [0.15, 0.2) is 11.6 Å². The molecule has 0 N–H and O–H groups in total. The third-order valence-electron chi connectivity index (χ3n) is 11.9. The second kappa shape index (κ2) is 38.3. The first-order valence-electron chi connectivity index (χ1n) is 25.3. The number of hydrogen-bond acceptors (Lipinski definition) is 6. The molecule has 6 heteroatoms. The number of ketones is 2. The van der Waals surface area contributed by atoms with Crippen molar-refractivity contribution in [2.45, 2.75) is 208 Å². The second-order valence-corrected chi connectivity index (χ2v) is 17.7. The average molecular weight is 833 g/mol. The minimum absolute atomic E-state index is 0.167. The first kappa shape index (κ1) is 53.8. The highest BCUT2D eigenvalue weighted by atomic mass is 16.5. The van der Waals surface area contributed by atoms with Crippen LogP contribution in [0.5, 0.6) is 0 Å². The van der Waals surface area contributed by atoms with Gasteiger partial charge in [0.2, 0.25) is 0 Å². The van der Waals surface area contributed by atoms with Gasteiger partial charge in [-0.3, -0.25) is 9.59 Å². The Bertz CT molecular complexity index is 1210. The number of carbonyl (C=O) groups excluding carboxylic acids is 2. The fraction of sp³-hybridized carbons (Fsp3) is 0.741. The summed E-state index contributed by atoms with van der Waals surface area (Å²) in [5, 5.41) is 0. The van der Waals surface area contributed by atoms with Crippen LogP contribution in [-0.2, 0) is 32.3 Å². The lowest BCUT2D eigenvalue weighted by Crippen LogP contribution is -2.28. The van der Waals surface area contributed by atoms with Gasteiger partial charge in [0.1, 0.15) is 13.2 Å². The van der Waals surface area contributed by atoms with Crippen LogP contribution in [0.3, 0.4) is 0 Å². The van der Waals surface area contributed by atoms with E-state index in [4.69, 9.17) is 9.47 Å². The van der Waals surface area contributed by atoms with Crippen molar-refractivity contribution < 1.29 is 19.1 Å². The zero-order valence-corrected chi connectivity index (χ0v) is 39.6. The van der Waals surface area contributed by atoms with E-state index in [2.05, 4.69) is 86.0 Å². The third kappa shape index (κ3) is 29.0. The largest absolute Gasteiger partial charge is 0.369 e. The number of ether oxygens (including phenoxy) is 2. The summed E-state index contributed by atoms with van der Waals surface area (Å²) in [5.74, 6) is 0.386. The van der Waals surface area contributed by atoms with E-state index in [9.17, 15) is 9.59 Å². The Labute approximate surface area is 370 Å². The predicted molar refractivity (Wildman–Crippen MR) is 257 cm³/mol. The van der Waals surface area contributed by atoms with E-state index in [0.717, 1.165) is 74.4 Å². The Morgan fingerprint density at radius 3 is 1.03 bits per heavy atom. The number of nitrogens with zero attached hydrogens (tertiary/aromatic N) is 2. The molecule has 6 nitrogen and oxygen atoms in total. The molecule has 0 saturated heterocycles. The monoisotopic (exact) mass is 833 g/mol. The topological polar surface area (TPSA) is 59.1 Å². The van der Waals surface area contributed by atoms with E-state index < -0.39 is 0 Å². The van der Waals surface area contributed by atoms with Crippen molar-refractivity contribution in [1.82, 2.24) is 9.80 Å². The van der Waals surface area contributed by atoms with Crippen molar-refractivity contribution in [2.75, 3.05) is 52.5 Å². The average Bonchev–Trinajstić information content (AvgIpc) is 3.25. The van der Waals surface area contributed by atoms with Gasteiger partial charge in [-0.05, 0) is 112 Å². The van der Waals surface area contributed by atoms with Crippen LogP contribution in [-0.4, -0.2) is 73.8 Å². The van der Waals surface area contributed by atoms with Crippen LogP contribution in [0.1, 0.15) is 206 Å². The lowest BCUT2D eigenvalue weighted by atomic mass is 10.0. The van der Waals surface area contributed by atoms with E-state index >= 15 is 0 Å². The number of rotatable bonds is 43. The number of benzene rings is 2. The zero-order valence-electron chi connectivity index (χ0n) is 39.6. The van der Waals surface area contributed by atoms with Crippen molar-refractivity contribution in [2.24, 2.45) is 0 Å². The van der Waals surface area contributed by atoms with Gasteiger partial charge < -0.3 is 19.3 Å². The molecule has 0 saturated carbocycles. The minimum atomic E-state index is 0.167. The molecular weight excluding hydrogens is 741 g/mol. The van der Waals surface area contributed by atoms with E-state index in [0.29, 0.717) is 26.1 Å². The van der Waals surface area contributed by atoms with Gasteiger partial charge in [0.25, 0.3) is 0 Å². The molecule has 0 unspecified atom stereocenters. The summed E-state index contributed by atoms with van der Waals surface area (Å²) >= 11 is 0. The minimum Gasteiger partial charge on any atom is -0.369 e. The normalized spacial score (nSPS) is 11.6. The lowest BCUT2D eigenvalue weighted by molar-refractivity contribution is -0.124. The Morgan fingerprint density at radius 2 is 0.700 bits per heavy atom. The summed E-state index contributed by atoms with van der Waals surface area (Å²) in [6, 6.07) is 16.8. The highest BCUT2D eigenvalue weighted by Crippen LogP contribution is 2.23. The summed E-state index contributed by atoms with van der Waals surface area (Å²) in [5.41, 5.74) is 4.33.